The fraction of sp³-hybridized carbons (Fsp3) is 0.519. The summed E-state index contributed by atoms with van der Waals surface area (Å²) in [5.74, 6) is -0.338. The Morgan fingerprint density at radius 1 is 1.06 bits per heavy atom. The van der Waals surface area contributed by atoms with E-state index in [1.165, 1.54) is 5.56 Å². The van der Waals surface area contributed by atoms with E-state index in [0.29, 0.717) is 13.0 Å². The van der Waals surface area contributed by atoms with Crippen molar-refractivity contribution in [2.45, 2.75) is 70.9 Å². The van der Waals surface area contributed by atoms with Gasteiger partial charge in [-0.05, 0) is 63.1 Å². The van der Waals surface area contributed by atoms with Gasteiger partial charge in [-0.15, -0.1) is 0 Å². The normalized spacial score (nSPS) is 17.7. The van der Waals surface area contributed by atoms with Crippen LogP contribution in [0.3, 0.4) is 0 Å². The average Bonchev–Trinajstić information content (AvgIpc) is 2.77. The van der Waals surface area contributed by atoms with Crippen molar-refractivity contribution in [3.8, 4) is 0 Å². The number of esters is 1. The molecule has 1 fully saturated rings. The smallest absolute Gasteiger partial charge is 0.332 e. The summed E-state index contributed by atoms with van der Waals surface area (Å²) in [7, 11) is 0. The number of benzene rings is 2. The van der Waals surface area contributed by atoms with Gasteiger partial charge < -0.3 is 18.9 Å². The van der Waals surface area contributed by atoms with Crippen LogP contribution in [-0.4, -0.2) is 37.7 Å². The molecule has 0 spiro atoms. The molecule has 2 atom stereocenters. The van der Waals surface area contributed by atoms with Crippen molar-refractivity contribution >= 4 is 5.97 Å². The molecule has 0 amide bonds. The molecule has 3 rings (SSSR count). The number of carbonyl (C=O) groups excluding carboxylic acids is 1. The van der Waals surface area contributed by atoms with E-state index in [4.69, 9.17) is 18.9 Å². The summed E-state index contributed by atoms with van der Waals surface area (Å²) in [6.45, 7) is 6.74. The molecule has 0 N–H and O–H groups in total. The van der Waals surface area contributed by atoms with Gasteiger partial charge >= 0.3 is 5.97 Å². The highest BCUT2D eigenvalue weighted by Crippen LogP contribution is 2.28. The van der Waals surface area contributed by atoms with Crippen molar-refractivity contribution in [3.63, 3.8) is 0 Å². The predicted molar refractivity (Wildman–Crippen MR) is 124 cm³/mol. The van der Waals surface area contributed by atoms with Gasteiger partial charge in [-0.25, -0.2) is 4.79 Å². The van der Waals surface area contributed by atoms with Crippen molar-refractivity contribution < 1.29 is 23.7 Å². The lowest BCUT2D eigenvalue weighted by Crippen LogP contribution is -2.26. The monoisotopic (exact) mass is 440 g/mol. The predicted octanol–water partition coefficient (Wildman–Crippen LogP) is 5.41. The minimum absolute atomic E-state index is 0.0320. The van der Waals surface area contributed by atoms with E-state index in [1.807, 2.05) is 26.8 Å². The van der Waals surface area contributed by atoms with Crippen molar-refractivity contribution in [1.82, 2.24) is 0 Å². The van der Waals surface area contributed by atoms with Crippen molar-refractivity contribution in [1.29, 1.82) is 0 Å². The molecule has 5 heteroatoms. The van der Waals surface area contributed by atoms with Crippen molar-refractivity contribution in [2.75, 3.05) is 19.8 Å². The molecule has 32 heavy (non-hydrogen) atoms. The standard InChI is InChI=1S/C27H36O5/c1-27(2,3)32-25(28)20-29-17-15-22-12-9-13-23(18-22)24(19-21-10-5-4-6-11-21)31-26-14-7-8-16-30-26/h4-6,9-13,18,24,26H,7-8,14-17,19-20H2,1-3H3. The molecule has 0 aliphatic carbocycles. The van der Waals surface area contributed by atoms with E-state index < -0.39 is 5.60 Å². The van der Waals surface area contributed by atoms with Crippen LogP contribution < -0.4 is 0 Å². The topological polar surface area (TPSA) is 54.0 Å². The van der Waals surface area contributed by atoms with Crippen LogP contribution in [0.2, 0.25) is 0 Å². The Morgan fingerprint density at radius 3 is 2.56 bits per heavy atom. The number of hydrogen-bond acceptors (Lipinski definition) is 5. The first-order valence-corrected chi connectivity index (χ1v) is 11.6. The quantitative estimate of drug-likeness (QED) is 0.365. The van der Waals surface area contributed by atoms with Crippen LogP contribution in [0.4, 0.5) is 0 Å². The van der Waals surface area contributed by atoms with Gasteiger partial charge in [-0.3, -0.25) is 0 Å². The van der Waals surface area contributed by atoms with Crippen LogP contribution in [0.15, 0.2) is 54.6 Å². The van der Waals surface area contributed by atoms with Gasteiger partial charge in [0.15, 0.2) is 6.29 Å². The minimum Gasteiger partial charge on any atom is -0.458 e. The molecule has 0 saturated carbocycles. The second-order valence-corrected chi connectivity index (χ2v) is 9.24. The van der Waals surface area contributed by atoms with E-state index in [2.05, 4.69) is 48.5 Å². The zero-order valence-corrected chi connectivity index (χ0v) is 19.5. The molecule has 1 aliphatic heterocycles. The lowest BCUT2D eigenvalue weighted by molar-refractivity contribution is -0.189. The summed E-state index contributed by atoms with van der Waals surface area (Å²) in [5.41, 5.74) is 3.02. The summed E-state index contributed by atoms with van der Waals surface area (Å²) in [6.07, 6.45) is 4.44. The van der Waals surface area contributed by atoms with Crippen LogP contribution in [0.5, 0.6) is 0 Å². The lowest BCUT2D eigenvalue weighted by atomic mass is 9.98. The van der Waals surface area contributed by atoms with Crippen LogP contribution in [0, 0.1) is 0 Å². The summed E-state index contributed by atoms with van der Waals surface area (Å²) < 4.78 is 23.1. The zero-order chi connectivity index (χ0) is 22.8. The van der Waals surface area contributed by atoms with Gasteiger partial charge in [0.2, 0.25) is 0 Å². The maximum Gasteiger partial charge on any atom is 0.332 e. The highest BCUT2D eigenvalue weighted by Gasteiger charge is 2.22. The first-order chi connectivity index (χ1) is 15.4. The molecule has 2 aromatic carbocycles. The third-order valence-electron chi connectivity index (χ3n) is 5.22. The summed E-state index contributed by atoms with van der Waals surface area (Å²) >= 11 is 0. The fourth-order valence-corrected chi connectivity index (χ4v) is 3.74. The molecule has 0 bridgehead atoms. The summed E-state index contributed by atoms with van der Waals surface area (Å²) in [5, 5.41) is 0. The van der Waals surface area contributed by atoms with Gasteiger partial charge in [0.05, 0.1) is 12.7 Å². The highest BCUT2D eigenvalue weighted by atomic mass is 16.7. The number of rotatable bonds is 10. The van der Waals surface area contributed by atoms with Gasteiger partial charge in [-0.1, -0.05) is 54.6 Å². The van der Waals surface area contributed by atoms with Crippen LogP contribution in [0.1, 0.15) is 62.8 Å². The average molecular weight is 441 g/mol. The van der Waals surface area contributed by atoms with Crippen LogP contribution in [0.25, 0.3) is 0 Å². The Labute approximate surface area is 192 Å². The molecule has 0 aromatic heterocycles. The van der Waals surface area contributed by atoms with Crippen molar-refractivity contribution in [2.24, 2.45) is 0 Å². The molecule has 174 valence electrons. The Hall–Kier alpha value is -2.21. The largest absolute Gasteiger partial charge is 0.458 e. The summed E-state index contributed by atoms with van der Waals surface area (Å²) in [4.78, 5) is 11.8. The van der Waals surface area contributed by atoms with Crippen LogP contribution in [-0.2, 0) is 36.6 Å². The molecule has 1 saturated heterocycles. The van der Waals surface area contributed by atoms with Crippen LogP contribution >= 0.6 is 0 Å². The first kappa shape index (κ1) is 24.4. The minimum atomic E-state index is -0.495. The van der Waals surface area contributed by atoms with E-state index >= 15 is 0 Å². The number of ether oxygens (including phenoxy) is 4. The second-order valence-electron chi connectivity index (χ2n) is 9.24. The molecule has 0 radical (unpaired) electrons. The maximum absolute atomic E-state index is 11.8. The van der Waals surface area contributed by atoms with Gasteiger partial charge in [-0.2, -0.15) is 0 Å². The second kappa shape index (κ2) is 12.1. The molecule has 2 unspecified atom stereocenters. The first-order valence-electron chi connectivity index (χ1n) is 11.6. The Balaban J connectivity index is 1.59. The number of hydrogen-bond donors (Lipinski definition) is 0. The third kappa shape index (κ3) is 8.73. The van der Waals surface area contributed by atoms with Crippen molar-refractivity contribution in [3.05, 3.63) is 71.3 Å². The van der Waals surface area contributed by atoms with E-state index in [9.17, 15) is 4.79 Å². The Kier molecular flexibility index (Phi) is 9.27. The van der Waals surface area contributed by atoms with E-state index in [-0.39, 0.29) is 25.0 Å². The summed E-state index contributed by atoms with van der Waals surface area (Å²) in [6, 6.07) is 18.8. The van der Waals surface area contributed by atoms with E-state index in [1.54, 1.807) is 0 Å². The molecule has 1 aliphatic rings. The van der Waals surface area contributed by atoms with E-state index in [0.717, 1.165) is 43.4 Å². The Bertz CT molecular complexity index is 821. The van der Waals surface area contributed by atoms with Gasteiger partial charge in [0.25, 0.3) is 0 Å². The van der Waals surface area contributed by atoms with Gasteiger partial charge in [0.1, 0.15) is 12.2 Å². The third-order valence-corrected chi connectivity index (χ3v) is 5.22. The fourth-order valence-electron chi connectivity index (χ4n) is 3.74. The molecule has 2 aromatic rings. The lowest BCUT2D eigenvalue weighted by Gasteiger charge is -2.28. The number of carbonyl (C=O) groups is 1. The Morgan fingerprint density at radius 2 is 1.84 bits per heavy atom. The van der Waals surface area contributed by atoms with Gasteiger partial charge in [0, 0.05) is 13.0 Å². The SMILES string of the molecule is CC(C)(C)OC(=O)COCCc1cccc(C(Cc2ccccc2)OC2CCCCO2)c1. The molecular weight excluding hydrogens is 404 g/mol. The highest BCUT2D eigenvalue weighted by molar-refractivity contribution is 5.71. The molecular formula is C27H36O5. The molecule has 1 heterocycles. The molecule has 5 nitrogen and oxygen atoms in total. The zero-order valence-electron chi connectivity index (χ0n) is 19.5. The maximum atomic E-state index is 11.8.